The molecule has 0 spiro atoms. The number of anilines is 2. The first-order chi connectivity index (χ1) is 17.2. The number of piperidine rings is 1. The third kappa shape index (κ3) is 4.17. The van der Waals surface area contributed by atoms with Crippen molar-refractivity contribution in [2.45, 2.75) is 19.4 Å². The van der Waals surface area contributed by atoms with Crippen molar-refractivity contribution in [1.82, 2.24) is 9.97 Å². The highest BCUT2D eigenvalue weighted by molar-refractivity contribution is 6.07. The number of nitrogens with two attached hydrogens (primary N) is 1. The molecule has 1 aliphatic rings. The van der Waals surface area contributed by atoms with Crippen LogP contribution in [0.4, 0.5) is 28.9 Å². The van der Waals surface area contributed by atoms with Crippen LogP contribution >= 0.6 is 0 Å². The van der Waals surface area contributed by atoms with Gasteiger partial charge in [0.1, 0.15) is 23.3 Å². The minimum atomic E-state index is -1.38. The fourth-order valence-electron chi connectivity index (χ4n) is 4.86. The van der Waals surface area contributed by atoms with Crippen molar-refractivity contribution in [1.29, 1.82) is 0 Å². The second kappa shape index (κ2) is 9.27. The van der Waals surface area contributed by atoms with E-state index in [-0.39, 0.29) is 16.9 Å². The Hall–Kier alpha value is -3.92. The highest BCUT2D eigenvalue weighted by Crippen LogP contribution is 2.36. The molecule has 0 unspecified atom stereocenters. The summed E-state index contributed by atoms with van der Waals surface area (Å²) in [5.74, 6) is -5.46. The zero-order chi connectivity index (χ0) is 25.6. The van der Waals surface area contributed by atoms with Gasteiger partial charge in [0.05, 0.1) is 39.8 Å². The lowest BCUT2D eigenvalue weighted by Gasteiger charge is -2.37. The van der Waals surface area contributed by atoms with Crippen LogP contribution in [0.3, 0.4) is 0 Å². The number of amides is 1. The van der Waals surface area contributed by atoms with Crippen LogP contribution in [0.15, 0.2) is 48.9 Å². The van der Waals surface area contributed by atoms with Crippen LogP contribution in [-0.4, -0.2) is 35.0 Å². The van der Waals surface area contributed by atoms with Gasteiger partial charge in [-0.3, -0.25) is 9.78 Å². The van der Waals surface area contributed by atoms with Crippen molar-refractivity contribution in [2.75, 3.05) is 23.3 Å². The molecule has 2 aromatic heterocycles. The normalized spacial score (nSPS) is 18.0. The summed E-state index contributed by atoms with van der Waals surface area (Å²) in [6.45, 7) is 3.34. The van der Waals surface area contributed by atoms with Gasteiger partial charge in [0.2, 0.25) is 0 Å². The highest BCUT2D eigenvalue weighted by Gasteiger charge is 2.28. The van der Waals surface area contributed by atoms with Crippen molar-refractivity contribution in [3.8, 4) is 11.1 Å². The predicted octanol–water partition coefficient (Wildman–Crippen LogP) is 5.21. The molecular weight excluding hydrogens is 474 g/mol. The SMILES string of the molecule is C[C@@H]1C[C@H](N)CN(c2ccncc2NC(=O)c2ccc(F)c(-c3c(F)cc4[nH]ccc4c3F)c2F)C1. The van der Waals surface area contributed by atoms with E-state index in [9.17, 15) is 13.6 Å². The molecule has 0 aliphatic carbocycles. The molecule has 1 aliphatic heterocycles. The first-order valence-corrected chi connectivity index (χ1v) is 11.4. The average molecular weight is 497 g/mol. The van der Waals surface area contributed by atoms with Gasteiger partial charge in [-0.15, -0.1) is 0 Å². The van der Waals surface area contributed by atoms with Gasteiger partial charge in [-0.05, 0) is 42.7 Å². The van der Waals surface area contributed by atoms with Gasteiger partial charge in [-0.25, -0.2) is 17.6 Å². The maximum absolute atomic E-state index is 15.5. The van der Waals surface area contributed by atoms with Gasteiger partial charge in [0, 0.05) is 36.9 Å². The number of hydrogen-bond acceptors (Lipinski definition) is 4. The number of carbonyl (C=O) groups excluding carboxylic acids is 1. The molecule has 2 aromatic carbocycles. The number of nitrogens with zero attached hydrogens (tertiary/aromatic N) is 2. The minimum absolute atomic E-state index is 0.0333. The lowest BCUT2D eigenvalue weighted by Crippen LogP contribution is -2.46. The van der Waals surface area contributed by atoms with E-state index in [0.29, 0.717) is 30.4 Å². The summed E-state index contributed by atoms with van der Waals surface area (Å²) >= 11 is 0. The smallest absolute Gasteiger partial charge is 0.258 e. The maximum Gasteiger partial charge on any atom is 0.258 e. The van der Waals surface area contributed by atoms with Gasteiger partial charge in [-0.1, -0.05) is 6.92 Å². The summed E-state index contributed by atoms with van der Waals surface area (Å²) in [6, 6.07) is 5.68. The van der Waals surface area contributed by atoms with Gasteiger partial charge < -0.3 is 20.9 Å². The Bertz CT molecular complexity index is 1460. The summed E-state index contributed by atoms with van der Waals surface area (Å²) in [4.78, 5) is 21.8. The Balaban J connectivity index is 1.52. The van der Waals surface area contributed by atoms with E-state index in [4.69, 9.17) is 5.73 Å². The summed E-state index contributed by atoms with van der Waals surface area (Å²) in [6.07, 6.45) is 5.23. The highest BCUT2D eigenvalue weighted by atomic mass is 19.1. The lowest BCUT2D eigenvalue weighted by atomic mass is 9.96. The zero-order valence-electron chi connectivity index (χ0n) is 19.3. The Labute approximate surface area is 204 Å². The minimum Gasteiger partial charge on any atom is -0.368 e. The van der Waals surface area contributed by atoms with Crippen molar-refractivity contribution < 1.29 is 22.4 Å². The Morgan fingerprint density at radius 2 is 1.86 bits per heavy atom. The molecule has 6 nitrogen and oxygen atoms in total. The van der Waals surface area contributed by atoms with E-state index < -0.39 is 45.9 Å². The third-order valence-corrected chi connectivity index (χ3v) is 6.41. The number of H-pyrrole nitrogens is 1. The lowest BCUT2D eigenvalue weighted by molar-refractivity contribution is 0.102. The van der Waals surface area contributed by atoms with Crippen LogP contribution < -0.4 is 16.0 Å². The average Bonchev–Trinajstić information content (AvgIpc) is 3.29. The first-order valence-electron chi connectivity index (χ1n) is 11.4. The van der Waals surface area contributed by atoms with Gasteiger partial charge in [-0.2, -0.15) is 0 Å². The van der Waals surface area contributed by atoms with E-state index in [2.05, 4.69) is 22.2 Å². The molecule has 4 aromatic rings. The number of carbonyl (C=O) groups is 1. The second-order valence-corrected chi connectivity index (χ2v) is 9.12. The summed E-state index contributed by atoms with van der Waals surface area (Å²) in [5.41, 5.74) is 4.84. The predicted molar refractivity (Wildman–Crippen MR) is 130 cm³/mol. The van der Waals surface area contributed by atoms with Crippen molar-refractivity contribution in [2.24, 2.45) is 11.7 Å². The van der Waals surface area contributed by atoms with Gasteiger partial charge in [0.25, 0.3) is 5.91 Å². The van der Waals surface area contributed by atoms with Crippen molar-refractivity contribution in [3.63, 3.8) is 0 Å². The molecule has 0 bridgehead atoms. The van der Waals surface area contributed by atoms with Crippen LogP contribution in [0.5, 0.6) is 0 Å². The van der Waals surface area contributed by atoms with Gasteiger partial charge in [0.15, 0.2) is 0 Å². The van der Waals surface area contributed by atoms with Crippen molar-refractivity contribution in [3.05, 3.63) is 77.8 Å². The number of halogens is 4. The number of aromatic amines is 1. The number of aromatic nitrogens is 2. The van der Waals surface area contributed by atoms with E-state index in [1.54, 1.807) is 12.3 Å². The molecule has 1 amide bonds. The topological polar surface area (TPSA) is 87.0 Å². The zero-order valence-corrected chi connectivity index (χ0v) is 19.3. The largest absolute Gasteiger partial charge is 0.368 e. The van der Waals surface area contributed by atoms with E-state index in [1.165, 1.54) is 18.5 Å². The Morgan fingerprint density at radius 3 is 2.64 bits per heavy atom. The third-order valence-electron chi connectivity index (χ3n) is 6.41. The Morgan fingerprint density at radius 1 is 1.08 bits per heavy atom. The molecule has 10 heteroatoms. The van der Waals surface area contributed by atoms with Crippen LogP contribution in [-0.2, 0) is 0 Å². The molecule has 1 fully saturated rings. The molecule has 4 N–H and O–H groups in total. The molecular formula is C26H23F4N5O. The van der Waals surface area contributed by atoms with E-state index in [0.717, 1.165) is 24.6 Å². The fourth-order valence-corrected chi connectivity index (χ4v) is 4.86. The van der Waals surface area contributed by atoms with Crippen LogP contribution in [0.25, 0.3) is 22.0 Å². The number of hydrogen-bond donors (Lipinski definition) is 3. The molecule has 0 saturated carbocycles. The van der Waals surface area contributed by atoms with Crippen LogP contribution in [0, 0.1) is 29.2 Å². The van der Waals surface area contributed by atoms with Crippen LogP contribution in [0.2, 0.25) is 0 Å². The molecule has 36 heavy (non-hydrogen) atoms. The summed E-state index contributed by atoms with van der Waals surface area (Å²) < 4.78 is 60.1. The number of pyridine rings is 1. The van der Waals surface area contributed by atoms with E-state index >= 15 is 8.78 Å². The maximum atomic E-state index is 15.5. The van der Waals surface area contributed by atoms with Crippen LogP contribution in [0.1, 0.15) is 23.7 Å². The molecule has 1 saturated heterocycles. The second-order valence-electron chi connectivity index (χ2n) is 9.12. The number of nitrogens with one attached hydrogen (secondary N) is 2. The summed E-state index contributed by atoms with van der Waals surface area (Å²) in [7, 11) is 0. The Kier molecular flexibility index (Phi) is 6.13. The molecule has 5 rings (SSSR count). The fraction of sp³-hybridized carbons (Fsp3) is 0.231. The molecule has 186 valence electrons. The number of benzene rings is 2. The molecule has 0 radical (unpaired) electrons. The van der Waals surface area contributed by atoms with Gasteiger partial charge >= 0.3 is 0 Å². The van der Waals surface area contributed by atoms with Crippen molar-refractivity contribution >= 4 is 28.2 Å². The van der Waals surface area contributed by atoms with E-state index in [1.807, 2.05) is 4.90 Å². The molecule has 2 atom stereocenters. The first kappa shape index (κ1) is 23.8. The summed E-state index contributed by atoms with van der Waals surface area (Å²) in [5, 5.41) is 2.58. The monoisotopic (exact) mass is 497 g/mol. The molecule has 3 heterocycles. The quantitative estimate of drug-likeness (QED) is 0.338. The number of rotatable bonds is 4. The number of fused-ring (bicyclic) bond motifs is 1. The standard InChI is InChI=1S/C26H23F4N5O/c1-13-8-14(31)12-35(11-13)21-5-6-32-10-20(21)34-26(36)16-2-3-17(27)22(25(16)30)23-18(28)9-19-15(24(23)29)4-7-33-19/h2-7,9-10,13-14,33H,8,11-12,31H2,1H3,(H,34,36)/t13-,14+/m1/s1.